The summed E-state index contributed by atoms with van der Waals surface area (Å²) in [6.45, 7) is 6.22. The number of hydrogen-bond acceptors (Lipinski definition) is 3. The Morgan fingerprint density at radius 1 is 0.944 bits per heavy atom. The van der Waals surface area contributed by atoms with Gasteiger partial charge in [0.25, 0.3) is 0 Å². The predicted octanol–water partition coefficient (Wildman–Crippen LogP) is 3.11. The molecule has 0 saturated heterocycles. The standard InChI is InChI=1S/C15H19N3/c1-10(2)14(16)15-17-8-13(9-18-15)12-6-4-11(3)5-7-12/h4-10,14H,16H2,1-3H3. The highest BCUT2D eigenvalue weighted by Gasteiger charge is 2.13. The molecule has 0 amide bonds. The van der Waals surface area contributed by atoms with Crippen LogP contribution in [-0.2, 0) is 0 Å². The highest BCUT2D eigenvalue weighted by molar-refractivity contribution is 5.61. The van der Waals surface area contributed by atoms with Crippen molar-refractivity contribution in [3.8, 4) is 11.1 Å². The van der Waals surface area contributed by atoms with Crippen molar-refractivity contribution in [2.45, 2.75) is 26.8 Å². The fourth-order valence-corrected chi connectivity index (χ4v) is 1.70. The summed E-state index contributed by atoms with van der Waals surface area (Å²) in [5, 5.41) is 0. The number of benzene rings is 1. The third-order valence-electron chi connectivity index (χ3n) is 3.07. The summed E-state index contributed by atoms with van der Waals surface area (Å²) >= 11 is 0. The molecule has 1 aromatic heterocycles. The van der Waals surface area contributed by atoms with E-state index in [0.29, 0.717) is 11.7 Å². The average molecular weight is 241 g/mol. The zero-order chi connectivity index (χ0) is 13.1. The topological polar surface area (TPSA) is 51.8 Å². The summed E-state index contributed by atoms with van der Waals surface area (Å²) in [5.74, 6) is 1.05. The minimum Gasteiger partial charge on any atom is -0.321 e. The van der Waals surface area contributed by atoms with E-state index in [1.165, 1.54) is 5.56 Å². The molecule has 0 aliphatic rings. The van der Waals surface area contributed by atoms with Crippen LogP contribution in [0.3, 0.4) is 0 Å². The molecule has 1 heterocycles. The van der Waals surface area contributed by atoms with Crippen molar-refractivity contribution in [2.24, 2.45) is 11.7 Å². The van der Waals surface area contributed by atoms with Crippen molar-refractivity contribution in [3.05, 3.63) is 48.0 Å². The molecule has 3 nitrogen and oxygen atoms in total. The number of aryl methyl sites for hydroxylation is 1. The van der Waals surface area contributed by atoms with Gasteiger partial charge in [-0.25, -0.2) is 9.97 Å². The second-order valence-corrected chi connectivity index (χ2v) is 4.97. The lowest BCUT2D eigenvalue weighted by molar-refractivity contribution is 0.490. The first-order chi connectivity index (χ1) is 8.58. The van der Waals surface area contributed by atoms with Crippen LogP contribution in [-0.4, -0.2) is 9.97 Å². The molecular weight excluding hydrogens is 222 g/mol. The fraction of sp³-hybridized carbons (Fsp3) is 0.333. The van der Waals surface area contributed by atoms with Crippen molar-refractivity contribution in [2.75, 3.05) is 0 Å². The second-order valence-electron chi connectivity index (χ2n) is 4.97. The summed E-state index contributed by atoms with van der Waals surface area (Å²) in [7, 11) is 0. The van der Waals surface area contributed by atoms with Crippen molar-refractivity contribution in [1.82, 2.24) is 9.97 Å². The van der Waals surface area contributed by atoms with Crippen LogP contribution in [0.2, 0.25) is 0 Å². The van der Waals surface area contributed by atoms with Gasteiger partial charge in [-0.05, 0) is 18.4 Å². The van der Waals surface area contributed by atoms with E-state index in [1.807, 2.05) is 12.4 Å². The lowest BCUT2D eigenvalue weighted by Crippen LogP contribution is -2.19. The summed E-state index contributed by atoms with van der Waals surface area (Å²) in [5.41, 5.74) is 9.42. The van der Waals surface area contributed by atoms with Gasteiger partial charge >= 0.3 is 0 Å². The molecule has 2 aromatic rings. The molecular formula is C15H19N3. The molecule has 0 fully saturated rings. The van der Waals surface area contributed by atoms with Crippen LogP contribution >= 0.6 is 0 Å². The maximum Gasteiger partial charge on any atom is 0.145 e. The van der Waals surface area contributed by atoms with Crippen LogP contribution in [0.1, 0.15) is 31.3 Å². The molecule has 2 N–H and O–H groups in total. The van der Waals surface area contributed by atoms with Gasteiger partial charge in [0.1, 0.15) is 5.82 Å². The summed E-state index contributed by atoms with van der Waals surface area (Å²) in [4.78, 5) is 8.73. The van der Waals surface area contributed by atoms with Crippen molar-refractivity contribution >= 4 is 0 Å². The number of nitrogens with zero attached hydrogens (tertiary/aromatic N) is 2. The van der Waals surface area contributed by atoms with E-state index in [9.17, 15) is 0 Å². The minimum absolute atomic E-state index is 0.0999. The Hall–Kier alpha value is -1.74. The Kier molecular flexibility index (Phi) is 3.72. The molecule has 94 valence electrons. The molecule has 1 atom stereocenters. The van der Waals surface area contributed by atoms with E-state index in [0.717, 1.165) is 11.1 Å². The molecule has 0 bridgehead atoms. The first-order valence-corrected chi connectivity index (χ1v) is 6.22. The molecule has 0 radical (unpaired) electrons. The van der Waals surface area contributed by atoms with Crippen LogP contribution in [0.4, 0.5) is 0 Å². The maximum absolute atomic E-state index is 6.02. The summed E-state index contributed by atoms with van der Waals surface area (Å²) in [6, 6.07) is 8.23. The van der Waals surface area contributed by atoms with Crippen molar-refractivity contribution in [1.29, 1.82) is 0 Å². The SMILES string of the molecule is Cc1ccc(-c2cnc(C(N)C(C)C)nc2)cc1. The lowest BCUT2D eigenvalue weighted by atomic mass is 10.0. The van der Waals surface area contributed by atoms with Gasteiger partial charge in [0, 0.05) is 18.0 Å². The van der Waals surface area contributed by atoms with E-state index in [4.69, 9.17) is 5.73 Å². The molecule has 1 unspecified atom stereocenters. The van der Waals surface area contributed by atoms with Crippen molar-refractivity contribution in [3.63, 3.8) is 0 Å². The highest BCUT2D eigenvalue weighted by atomic mass is 14.9. The number of rotatable bonds is 3. The van der Waals surface area contributed by atoms with Crippen LogP contribution in [0.25, 0.3) is 11.1 Å². The Balaban J connectivity index is 2.24. The quantitative estimate of drug-likeness (QED) is 0.898. The monoisotopic (exact) mass is 241 g/mol. The van der Waals surface area contributed by atoms with Gasteiger partial charge in [-0.1, -0.05) is 43.7 Å². The van der Waals surface area contributed by atoms with Crippen LogP contribution in [0, 0.1) is 12.8 Å². The molecule has 3 heteroatoms. The van der Waals surface area contributed by atoms with Gasteiger partial charge in [0.05, 0.1) is 6.04 Å². The lowest BCUT2D eigenvalue weighted by Gasteiger charge is -2.13. The van der Waals surface area contributed by atoms with Crippen LogP contribution in [0.5, 0.6) is 0 Å². The van der Waals surface area contributed by atoms with E-state index >= 15 is 0 Å². The number of hydrogen-bond donors (Lipinski definition) is 1. The van der Waals surface area contributed by atoms with Gasteiger partial charge < -0.3 is 5.73 Å². The highest BCUT2D eigenvalue weighted by Crippen LogP contribution is 2.20. The number of nitrogens with two attached hydrogens (primary N) is 1. The van der Waals surface area contributed by atoms with Crippen molar-refractivity contribution < 1.29 is 0 Å². The Bertz CT molecular complexity index is 500. The Morgan fingerprint density at radius 3 is 2.00 bits per heavy atom. The zero-order valence-electron chi connectivity index (χ0n) is 11.1. The molecule has 18 heavy (non-hydrogen) atoms. The van der Waals surface area contributed by atoms with E-state index in [-0.39, 0.29) is 6.04 Å². The van der Waals surface area contributed by atoms with Crippen LogP contribution < -0.4 is 5.73 Å². The summed E-state index contributed by atoms with van der Waals surface area (Å²) < 4.78 is 0. The normalized spacial score (nSPS) is 12.7. The smallest absolute Gasteiger partial charge is 0.145 e. The zero-order valence-corrected chi connectivity index (χ0v) is 11.1. The van der Waals surface area contributed by atoms with E-state index < -0.39 is 0 Å². The maximum atomic E-state index is 6.02. The largest absolute Gasteiger partial charge is 0.321 e. The van der Waals surface area contributed by atoms with Gasteiger partial charge in [-0.3, -0.25) is 0 Å². The van der Waals surface area contributed by atoms with Gasteiger partial charge in [-0.2, -0.15) is 0 Å². The van der Waals surface area contributed by atoms with Gasteiger partial charge in [-0.15, -0.1) is 0 Å². The summed E-state index contributed by atoms with van der Waals surface area (Å²) in [6.07, 6.45) is 3.68. The molecule has 0 aliphatic heterocycles. The molecule has 1 aromatic carbocycles. The fourth-order valence-electron chi connectivity index (χ4n) is 1.70. The number of aromatic nitrogens is 2. The third-order valence-corrected chi connectivity index (χ3v) is 3.07. The molecule has 0 aliphatic carbocycles. The molecule has 0 saturated carbocycles. The van der Waals surface area contributed by atoms with Gasteiger partial charge in [0.2, 0.25) is 0 Å². The molecule has 2 rings (SSSR count). The third kappa shape index (κ3) is 2.74. The first kappa shape index (κ1) is 12.7. The van der Waals surface area contributed by atoms with E-state index in [2.05, 4.69) is 55.0 Å². The van der Waals surface area contributed by atoms with E-state index in [1.54, 1.807) is 0 Å². The van der Waals surface area contributed by atoms with Crippen LogP contribution in [0.15, 0.2) is 36.7 Å². The first-order valence-electron chi connectivity index (χ1n) is 6.22. The Morgan fingerprint density at radius 2 is 1.50 bits per heavy atom. The second kappa shape index (κ2) is 5.27. The average Bonchev–Trinajstić information content (AvgIpc) is 2.39. The Labute approximate surface area is 108 Å². The van der Waals surface area contributed by atoms with Gasteiger partial charge in [0.15, 0.2) is 0 Å². The minimum atomic E-state index is -0.0999. The predicted molar refractivity (Wildman–Crippen MR) is 74.0 cm³/mol. The molecule has 0 spiro atoms.